The zero-order chi connectivity index (χ0) is 59.3. The van der Waals surface area contributed by atoms with Gasteiger partial charge in [0.15, 0.2) is 0 Å². The van der Waals surface area contributed by atoms with Gasteiger partial charge in [-0.1, -0.05) is 307 Å². The first-order valence-corrected chi connectivity index (χ1v) is 36.5. The molecule has 0 aromatic heterocycles. The van der Waals surface area contributed by atoms with Gasteiger partial charge in [-0.3, -0.25) is 18.6 Å². The second kappa shape index (κ2) is 61.1. The van der Waals surface area contributed by atoms with Gasteiger partial charge in [0.1, 0.15) is 19.3 Å². The molecule has 9 nitrogen and oxygen atoms in total. The summed E-state index contributed by atoms with van der Waals surface area (Å²) in [6.07, 6.45) is 77.1. The molecule has 0 spiro atoms. The van der Waals surface area contributed by atoms with Crippen LogP contribution >= 0.6 is 7.82 Å². The Hall–Kier alpha value is -2.03. The van der Waals surface area contributed by atoms with Crippen LogP contribution in [0.15, 0.2) is 48.6 Å². The van der Waals surface area contributed by atoms with Gasteiger partial charge in [0.2, 0.25) is 5.91 Å². The molecular formula is C71H136N2O7P+. The molecule has 1 amide bonds. The number of phosphoric acid groups is 1. The number of amides is 1. The first kappa shape index (κ1) is 79.0. The van der Waals surface area contributed by atoms with Crippen molar-refractivity contribution in [1.29, 1.82) is 0 Å². The highest BCUT2D eigenvalue weighted by atomic mass is 31.2. The average Bonchev–Trinajstić information content (AvgIpc) is 3.43. The number of allylic oxidation sites excluding steroid dienone is 7. The molecule has 0 fully saturated rings. The van der Waals surface area contributed by atoms with Crippen molar-refractivity contribution in [2.24, 2.45) is 0 Å². The van der Waals surface area contributed by atoms with Crippen molar-refractivity contribution >= 4 is 19.7 Å². The number of unbranched alkanes of at least 4 members (excludes halogenated alkanes) is 42. The van der Waals surface area contributed by atoms with Crippen molar-refractivity contribution in [1.82, 2.24) is 5.32 Å². The van der Waals surface area contributed by atoms with Crippen molar-refractivity contribution in [2.45, 2.75) is 354 Å². The summed E-state index contributed by atoms with van der Waals surface area (Å²) in [5, 5.41) is 3.06. The number of ether oxygens (including phenoxy) is 1. The Morgan fingerprint density at radius 1 is 0.432 bits per heavy atom. The number of hydrogen-bond acceptors (Lipinski definition) is 6. The van der Waals surface area contributed by atoms with Crippen LogP contribution in [0.1, 0.15) is 342 Å². The van der Waals surface area contributed by atoms with E-state index in [4.69, 9.17) is 13.8 Å². The lowest BCUT2D eigenvalue weighted by Gasteiger charge is -2.27. The summed E-state index contributed by atoms with van der Waals surface area (Å²) in [5.74, 6) is -0.517. The van der Waals surface area contributed by atoms with Crippen molar-refractivity contribution < 1.29 is 37.3 Å². The van der Waals surface area contributed by atoms with Crippen LogP contribution in [-0.2, 0) is 27.9 Å². The first-order valence-electron chi connectivity index (χ1n) is 35.0. The normalized spacial score (nSPS) is 13.8. The van der Waals surface area contributed by atoms with Gasteiger partial charge in [0.05, 0.1) is 33.8 Å². The molecule has 0 heterocycles. The van der Waals surface area contributed by atoms with Crippen LogP contribution in [0.5, 0.6) is 0 Å². The quantitative estimate of drug-likeness (QED) is 0.0205. The number of esters is 1. The molecule has 3 atom stereocenters. The largest absolute Gasteiger partial charge is 0.472 e. The molecule has 0 saturated heterocycles. The second-order valence-corrected chi connectivity index (χ2v) is 26.5. The van der Waals surface area contributed by atoms with Crippen LogP contribution in [0.25, 0.3) is 0 Å². The Morgan fingerprint density at radius 3 is 1.15 bits per heavy atom. The molecule has 476 valence electrons. The number of nitrogens with one attached hydrogen (secondary N) is 1. The highest BCUT2D eigenvalue weighted by Gasteiger charge is 2.30. The molecule has 0 aliphatic rings. The van der Waals surface area contributed by atoms with Crippen molar-refractivity contribution in [2.75, 3.05) is 40.9 Å². The number of hydrogen-bond donors (Lipinski definition) is 2. The number of phosphoric ester groups is 1. The van der Waals surface area contributed by atoms with Gasteiger partial charge >= 0.3 is 13.8 Å². The fraction of sp³-hybridized carbons (Fsp3) is 0.859. The Bertz CT molecular complexity index is 1520. The molecule has 0 saturated carbocycles. The van der Waals surface area contributed by atoms with Crippen LogP contribution in [0.3, 0.4) is 0 Å². The Kier molecular flexibility index (Phi) is 59.5. The standard InChI is InChI=1S/C71H135N2O7P/c1-7-10-13-16-19-22-25-27-29-31-32-33-34-35-36-37-38-39-40-42-43-45-48-51-54-57-60-63-70(74)72-68(67-79-81(76,77)78-66-65-73(4,5)6)69(62-59-56-53-50-47-24-21-18-15-12-9-3)80-71(75)64-61-58-55-52-49-46-44-41-30-28-26-23-20-17-14-11-8-2/h20,23,28,30,44,46,59,62,68-69H,7-19,21-22,24-27,29,31-43,45,47-58,60-61,63-67H2,1-6H3,(H-,72,74,76,77)/p+1/b23-20-,30-28-,46-44-,62-59-. The topological polar surface area (TPSA) is 111 Å². The molecule has 0 radical (unpaired) electrons. The Morgan fingerprint density at radius 2 is 0.753 bits per heavy atom. The lowest BCUT2D eigenvalue weighted by atomic mass is 10.0. The van der Waals surface area contributed by atoms with E-state index in [1.165, 1.54) is 225 Å². The van der Waals surface area contributed by atoms with E-state index in [0.717, 1.165) is 77.0 Å². The maximum absolute atomic E-state index is 13.6. The molecule has 3 unspecified atom stereocenters. The SMILES string of the molecule is CCCCC/C=C\C/C=C\C/C=C\CCCCCCC(=O)OC(/C=C\CCCCCCCCCCC)C(COP(=O)(O)OCC[N+](C)(C)C)NC(=O)CCCCCCCCCCCCCCCCCCCCCCCCCCCCC. The van der Waals surface area contributed by atoms with Gasteiger partial charge < -0.3 is 19.4 Å². The predicted octanol–water partition coefficient (Wildman–Crippen LogP) is 22.0. The predicted molar refractivity (Wildman–Crippen MR) is 351 cm³/mol. The van der Waals surface area contributed by atoms with E-state index in [2.05, 4.69) is 62.5 Å². The monoisotopic (exact) mass is 1160 g/mol. The molecule has 0 aromatic rings. The molecular weight excluding hydrogens is 1020 g/mol. The molecule has 10 heteroatoms. The zero-order valence-electron chi connectivity index (χ0n) is 54.5. The smallest absolute Gasteiger partial charge is 0.456 e. The van der Waals surface area contributed by atoms with Crippen LogP contribution < -0.4 is 5.32 Å². The average molecular weight is 1160 g/mol. The minimum Gasteiger partial charge on any atom is -0.456 e. The molecule has 0 aliphatic heterocycles. The summed E-state index contributed by atoms with van der Waals surface area (Å²) in [6, 6.07) is -0.856. The maximum Gasteiger partial charge on any atom is 0.472 e. The van der Waals surface area contributed by atoms with E-state index in [1.54, 1.807) is 0 Å². The summed E-state index contributed by atoms with van der Waals surface area (Å²) in [4.78, 5) is 37.8. The van der Waals surface area contributed by atoms with Gasteiger partial charge in [-0.15, -0.1) is 0 Å². The third-order valence-corrected chi connectivity index (χ3v) is 16.8. The molecule has 0 aromatic carbocycles. The fourth-order valence-electron chi connectivity index (χ4n) is 10.4. The minimum absolute atomic E-state index is 0.0377. The highest BCUT2D eigenvalue weighted by Crippen LogP contribution is 2.43. The van der Waals surface area contributed by atoms with E-state index >= 15 is 0 Å². The number of quaternary nitrogens is 1. The number of carbonyl (C=O) groups is 2. The number of carbonyl (C=O) groups excluding carboxylic acids is 2. The molecule has 0 aliphatic carbocycles. The summed E-state index contributed by atoms with van der Waals surface area (Å²) in [5.41, 5.74) is 0. The van der Waals surface area contributed by atoms with Gasteiger partial charge in [-0.2, -0.15) is 0 Å². The Labute approximate surface area is 503 Å². The van der Waals surface area contributed by atoms with Crippen LogP contribution in [0.4, 0.5) is 0 Å². The van der Waals surface area contributed by atoms with E-state index in [-0.39, 0.29) is 31.5 Å². The summed E-state index contributed by atoms with van der Waals surface area (Å²) < 4.78 is 30.7. The highest BCUT2D eigenvalue weighted by molar-refractivity contribution is 7.47. The van der Waals surface area contributed by atoms with Gasteiger partial charge in [0.25, 0.3) is 0 Å². The third-order valence-electron chi connectivity index (χ3n) is 15.8. The molecule has 0 rings (SSSR count). The lowest BCUT2D eigenvalue weighted by Crippen LogP contribution is -2.47. The third kappa shape index (κ3) is 62.3. The van der Waals surface area contributed by atoms with Crippen molar-refractivity contribution in [3.63, 3.8) is 0 Å². The molecule has 0 bridgehead atoms. The molecule has 2 N–H and O–H groups in total. The minimum atomic E-state index is -4.45. The van der Waals surface area contributed by atoms with Gasteiger partial charge in [-0.05, 0) is 70.3 Å². The summed E-state index contributed by atoms with van der Waals surface area (Å²) in [7, 11) is 1.49. The molecule has 81 heavy (non-hydrogen) atoms. The van der Waals surface area contributed by atoms with Crippen LogP contribution in [0, 0.1) is 0 Å². The number of nitrogens with zero attached hydrogens (tertiary/aromatic N) is 1. The van der Waals surface area contributed by atoms with E-state index in [9.17, 15) is 19.0 Å². The van der Waals surface area contributed by atoms with E-state index in [1.807, 2.05) is 33.3 Å². The van der Waals surface area contributed by atoms with Crippen LogP contribution in [0.2, 0.25) is 0 Å². The number of likely N-dealkylation sites (N-methyl/N-ethyl adjacent to an activating group) is 1. The first-order chi connectivity index (χ1) is 39.4. The lowest BCUT2D eigenvalue weighted by molar-refractivity contribution is -0.870. The Balaban J connectivity index is 4.98. The van der Waals surface area contributed by atoms with Crippen molar-refractivity contribution in [3.05, 3.63) is 48.6 Å². The zero-order valence-corrected chi connectivity index (χ0v) is 55.4. The summed E-state index contributed by atoms with van der Waals surface area (Å²) >= 11 is 0. The summed E-state index contributed by atoms with van der Waals surface area (Å²) in [6.45, 7) is 7.01. The second-order valence-electron chi connectivity index (χ2n) is 25.1. The van der Waals surface area contributed by atoms with Crippen molar-refractivity contribution in [3.8, 4) is 0 Å². The maximum atomic E-state index is 13.6. The number of rotatable bonds is 64. The van der Waals surface area contributed by atoms with E-state index in [0.29, 0.717) is 23.9 Å². The van der Waals surface area contributed by atoms with Gasteiger partial charge in [-0.25, -0.2) is 4.57 Å². The van der Waals surface area contributed by atoms with Gasteiger partial charge in [0, 0.05) is 12.8 Å². The van der Waals surface area contributed by atoms with E-state index < -0.39 is 20.0 Å². The van der Waals surface area contributed by atoms with Crippen LogP contribution in [-0.4, -0.2) is 74.3 Å². The fourth-order valence-corrected chi connectivity index (χ4v) is 11.1.